The molecule has 10 heavy (non-hydrogen) atoms. The summed E-state index contributed by atoms with van der Waals surface area (Å²) in [5.41, 5.74) is 0. The Morgan fingerprint density at radius 2 is 2.40 bits per heavy atom. The van der Waals surface area contributed by atoms with Crippen LogP contribution in [0.3, 0.4) is 0 Å². The number of nitrogens with zero attached hydrogens (tertiary/aromatic N) is 1. The fraction of sp³-hybridized carbons (Fsp3) is 1.00. The lowest BCUT2D eigenvalue weighted by molar-refractivity contribution is 0.237. The number of alkyl halides is 1. The summed E-state index contributed by atoms with van der Waals surface area (Å²) in [5.74, 6) is 0. The second-order valence-corrected chi connectivity index (χ2v) is 2.76. The van der Waals surface area contributed by atoms with Gasteiger partial charge in [0.25, 0.3) is 0 Å². The lowest BCUT2D eigenvalue weighted by atomic mass is 10.3. The van der Waals surface area contributed by atoms with Crippen LogP contribution in [0, 0.1) is 0 Å². The molecular weight excluding hydrogens is 133 g/mol. The van der Waals surface area contributed by atoms with Gasteiger partial charge in [-0.3, -0.25) is 0 Å². The van der Waals surface area contributed by atoms with Crippen molar-refractivity contribution in [2.24, 2.45) is 0 Å². The Balaban J connectivity index is 2.06. The second-order valence-electron chi connectivity index (χ2n) is 2.76. The highest BCUT2D eigenvalue weighted by Crippen LogP contribution is 2.11. The van der Waals surface area contributed by atoms with Crippen molar-refractivity contribution in [3.8, 4) is 0 Å². The maximum atomic E-state index is 12.5. The van der Waals surface area contributed by atoms with E-state index in [0.717, 1.165) is 19.5 Å². The van der Waals surface area contributed by atoms with Crippen molar-refractivity contribution in [1.82, 2.24) is 4.90 Å². The molecular formula is C7H14FNO. The van der Waals surface area contributed by atoms with Crippen molar-refractivity contribution < 1.29 is 9.50 Å². The van der Waals surface area contributed by atoms with Gasteiger partial charge in [0.2, 0.25) is 0 Å². The number of hydrogen-bond donors (Lipinski definition) is 1. The third-order valence-electron chi connectivity index (χ3n) is 1.85. The molecule has 0 spiro atoms. The van der Waals surface area contributed by atoms with Gasteiger partial charge in [-0.15, -0.1) is 0 Å². The van der Waals surface area contributed by atoms with Crippen LogP contribution in [-0.2, 0) is 0 Å². The number of aliphatic hydroxyl groups is 1. The molecule has 0 aromatic heterocycles. The molecule has 3 heteroatoms. The normalized spacial score (nSPS) is 27.6. The highest BCUT2D eigenvalue weighted by atomic mass is 19.1. The van der Waals surface area contributed by atoms with Crippen LogP contribution in [0.5, 0.6) is 0 Å². The molecule has 0 aromatic rings. The van der Waals surface area contributed by atoms with Crippen molar-refractivity contribution in [3.05, 3.63) is 0 Å². The molecule has 0 bridgehead atoms. The van der Waals surface area contributed by atoms with Crippen LogP contribution in [0.2, 0.25) is 0 Å². The van der Waals surface area contributed by atoms with Crippen molar-refractivity contribution in [1.29, 1.82) is 0 Å². The predicted molar refractivity (Wildman–Crippen MR) is 37.7 cm³/mol. The van der Waals surface area contributed by atoms with E-state index in [2.05, 4.69) is 4.90 Å². The first-order valence-electron chi connectivity index (χ1n) is 3.80. The van der Waals surface area contributed by atoms with E-state index in [9.17, 15) is 4.39 Å². The number of likely N-dealkylation sites (tertiary alicyclic amines) is 1. The average molecular weight is 147 g/mol. The minimum atomic E-state index is -0.626. The fourth-order valence-corrected chi connectivity index (χ4v) is 1.28. The van der Waals surface area contributed by atoms with Crippen molar-refractivity contribution in [2.75, 3.05) is 26.2 Å². The molecule has 2 nitrogen and oxygen atoms in total. The van der Waals surface area contributed by atoms with Gasteiger partial charge in [-0.05, 0) is 12.8 Å². The predicted octanol–water partition coefficient (Wildman–Crippen LogP) is 0.413. The molecule has 0 amide bonds. The first kappa shape index (κ1) is 7.95. The van der Waals surface area contributed by atoms with Crippen LogP contribution in [0.25, 0.3) is 0 Å². The van der Waals surface area contributed by atoms with Gasteiger partial charge in [0.15, 0.2) is 0 Å². The SMILES string of the molecule is OCCCN1CC[C@@H](F)C1. The van der Waals surface area contributed by atoms with Gasteiger partial charge in [-0.2, -0.15) is 0 Å². The standard InChI is InChI=1S/C7H14FNO/c8-7-2-4-9(6-7)3-1-5-10/h7,10H,1-6H2/t7-/m1/s1. The van der Waals surface area contributed by atoms with E-state index < -0.39 is 6.17 Å². The van der Waals surface area contributed by atoms with Crippen LogP contribution in [-0.4, -0.2) is 42.4 Å². The van der Waals surface area contributed by atoms with Crippen LogP contribution >= 0.6 is 0 Å². The first-order chi connectivity index (χ1) is 4.83. The molecule has 1 N–H and O–H groups in total. The fourth-order valence-electron chi connectivity index (χ4n) is 1.28. The summed E-state index contributed by atoms with van der Waals surface area (Å²) in [6.07, 6.45) is 0.816. The number of hydrogen-bond acceptors (Lipinski definition) is 2. The molecule has 0 unspecified atom stereocenters. The molecule has 1 atom stereocenters. The lowest BCUT2D eigenvalue weighted by Crippen LogP contribution is -2.22. The largest absolute Gasteiger partial charge is 0.396 e. The molecule has 1 aliphatic heterocycles. The maximum Gasteiger partial charge on any atom is 0.114 e. The monoisotopic (exact) mass is 147 g/mol. The highest BCUT2D eigenvalue weighted by molar-refractivity contribution is 4.74. The molecule has 1 aliphatic rings. The van der Waals surface area contributed by atoms with E-state index in [0.29, 0.717) is 13.0 Å². The molecule has 1 saturated heterocycles. The Labute approximate surface area is 60.6 Å². The van der Waals surface area contributed by atoms with Gasteiger partial charge in [0.05, 0.1) is 0 Å². The number of rotatable bonds is 3. The molecule has 1 rings (SSSR count). The van der Waals surface area contributed by atoms with Gasteiger partial charge in [-0.1, -0.05) is 0 Å². The molecule has 1 heterocycles. The zero-order valence-electron chi connectivity index (χ0n) is 6.09. The molecule has 60 valence electrons. The smallest absolute Gasteiger partial charge is 0.114 e. The molecule has 0 aromatic carbocycles. The van der Waals surface area contributed by atoms with Gasteiger partial charge < -0.3 is 10.0 Å². The Hall–Kier alpha value is -0.150. The summed E-state index contributed by atoms with van der Waals surface area (Å²) in [6, 6.07) is 0. The summed E-state index contributed by atoms with van der Waals surface area (Å²) in [7, 11) is 0. The van der Waals surface area contributed by atoms with Crippen molar-refractivity contribution in [2.45, 2.75) is 19.0 Å². The summed E-state index contributed by atoms with van der Waals surface area (Å²) >= 11 is 0. The molecule has 0 saturated carbocycles. The minimum absolute atomic E-state index is 0.216. The molecule has 0 aliphatic carbocycles. The highest BCUT2D eigenvalue weighted by Gasteiger charge is 2.20. The van der Waals surface area contributed by atoms with E-state index in [-0.39, 0.29) is 6.61 Å². The van der Waals surface area contributed by atoms with Crippen LogP contribution < -0.4 is 0 Å². The van der Waals surface area contributed by atoms with E-state index in [4.69, 9.17) is 5.11 Å². The van der Waals surface area contributed by atoms with Gasteiger partial charge in [0, 0.05) is 26.2 Å². The third-order valence-corrected chi connectivity index (χ3v) is 1.85. The van der Waals surface area contributed by atoms with Gasteiger partial charge in [-0.25, -0.2) is 4.39 Å². The van der Waals surface area contributed by atoms with Gasteiger partial charge in [0.1, 0.15) is 6.17 Å². The summed E-state index contributed by atoms with van der Waals surface area (Å²) in [6.45, 7) is 2.49. The van der Waals surface area contributed by atoms with E-state index in [1.54, 1.807) is 0 Å². The quantitative estimate of drug-likeness (QED) is 0.625. The van der Waals surface area contributed by atoms with E-state index >= 15 is 0 Å². The Bertz CT molecular complexity index is 99.6. The lowest BCUT2D eigenvalue weighted by Gasteiger charge is -2.12. The van der Waals surface area contributed by atoms with E-state index in [1.807, 2.05) is 0 Å². The van der Waals surface area contributed by atoms with E-state index in [1.165, 1.54) is 0 Å². The van der Waals surface area contributed by atoms with Gasteiger partial charge >= 0.3 is 0 Å². The minimum Gasteiger partial charge on any atom is -0.396 e. The van der Waals surface area contributed by atoms with Crippen molar-refractivity contribution >= 4 is 0 Å². The zero-order valence-corrected chi connectivity index (χ0v) is 6.09. The number of aliphatic hydroxyl groups excluding tert-OH is 1. The Morgan fingerprint density at radius 3 is 2.90 bits per heavy atom. The molecule has 1 fully saturated rings. The summed E-state index contributed by atoms with van der Waals surface area (Å²) < 4.78 is 12.5. The molecule has 0 radical (unpaired) electrons. The Morgan fingerprint density at radius 1 is 1.60 bits per heavy atom. The topological polar surface area (TPSA) is 23.5 Å². The van der Waals surface area contributed by atoms with Crippen molar-refractivity contribution in [3.63, 3.8) is 0 Å². The summed E-state index contributed by atoms with van der Waals surface area (Å²) in [5, 5.41) is 8.47. The Kier molecular flexibility index (Phi) is 3.09. The first-order valence-corrected chi connectivity index (χ1v) is 3.80. The van der Waals surface area contributed by atoms with Crippen LogP contribution in [0.15, 0.2) is 0 Å². The second kappa shape index (κ2) is 3.88. The summed E-state index contributed by atoms with van der Waals surface area (Å²) in [4.78, 5) is 2.06. The average Bonchev–Trinajstić information content (AvgIpc) is 2.31. The van der Waals surface area contributed by atoms with Crippen LogP contribution in [0.1, 0.15) is 12.8 Å². The van der Waals surface area contributed by atoms with Crippen LogP contribution in [0.4, 0.5) is 4.39 Å². The third kappa shape index (κ3) is 2.23. The number of halogens is 1. The maximum absolute atomic E-state index is 12.5. The zero-order chi connectivity index (χ0) is 7.40.